The molecule has 0 spiro atoms. The minimum Gasteiger partial charge on any atom is -1.00 e. The van der Waals surface area contributed by atoms with Crippen molar-refractivity contribution in [2.75, 3.05) is 0 Å². The molecule has 17 heavy (non-hydrogen) atoms. The molecule has 9 heteroatoms. The largest absolute Gasteiger partial charge is 1.00 e. The Kier molecular flexibility index (Phi) is 7.99. The van der Waals surface area contributed by atoms with Crippen LogP contribution in [0.25, 0.3) is 0 Å². The van der Waals surface area contributed by atoms with E-state index in [1.807, 2.05) is 0 Å². The van der Waals surface area contributed by atoms with E-state index in [0.29, 0.717) is 0 Å². The zero-order valence-electron chi connectivity index (χ0n) is 10.3. The van der Waals surface area contributed by atoms with Crippen molar-refractivity contribution < 1.29 is 70.2 Å². The first-order valence-corrected chi connectivity index (χ1v) is 4.06. The van der Waals surface area contributed by atoms with Crippen molar-refractivity contribution in [2.24, 2.45) is 0 Å². The fourth-order valence-corrected chi connectivity index (χ4v) is 0.899. The fraction of sp³-hybridized carbons (Fsp3) is 0.500. The molecular weight excluding hydrogens is 247 g/mol. The van der Waals surface area contributed by atoms with Gasteiger partial charge >= 0.3 is 53.4 Å². The number of ether oxygens (including phenoxy) is 1. The number of hydrogen-bond donors (Lipinski definition) is 3. The Hall–Kier alpha value is -0.960. The molecule has 3 N–H and O–H groups in total. The van der Waals surface area contributed by atoms with E-state index < -0.39 is 42.3 Å². The molecular formula is C8H11NaO8. The molecule has 0 aromatic carbocycles. The molecule has 0 fully saturated rings. The van der Waals surface area contributed by atoms with Crippen LogP contribution >= 0.6 is 0 Å². The Labute approximate surface area is 119 Å². The summed E-state index contributed by atoms with van der Waals surface area (Å²) in [7, 11) is 0. The molecule has 0 aliphatic rings. The van der Waals surface area contributed by atoms with E-state index in [2.05, 4.69) is 4.74 Å². The van der Waals surface area contributed by atoms with Gasteiger partial charge in [-0.2, -0.15) is 0 Å². The third kappa shape index (κ3) is 7.05. The molecule has 0 amide bonds. The van der Waals surface area contributed by atoms with Gasteiger partial charge in [0, 0.05) is 6.92 Å². The van der Waals surface area contributed by atoms with Crippen LogP contribution in [0.4, 0.5) is 0 Å². The number of carbonyl (C=O) groups is 4. The molecule has 0 aliphatic heterocycles. The van der Waals surface area contributed by atoms with Crippen molar-refractivity contribution in [3.8, 4) is 0 Å². The number of carboxylic acids is 2. The van der Waals surface area contributed by atoms with Crippen LogP contribution in [0.15, 0.2) is 0 Å². The summed E-state index contributed by atoms with van der Waals surface area (Å²) in [6, 6.07) is 0. The normalized spacial score (nSPS) is 12.8. The monoisotopic (exact) mass is 258 g/mol. The number of rotatable bonds is 5. The van der Waals surface area contributed by atoms with Gasteiger partial charge in [-0.3, -0.25) is 14.4 Å². The standard InChI is InChI=1S/C8H10O8.Na.H/c1-4(9)16-6(12)3-8(15,7(13)14)2-5(10)11;;/h15H,2-3H2,1H3,(H,10,11)(H,13,14);;/q;+1;-1. The Morgan fingerprint density at radius 2 is 1.65 bits per heavy atom. The van der Waals surface area contributed by atoms with E-state index in [9.17, 15) is 24.3 Å². The quantitative estimate of drug-likeness (QED) is 0.257. The van der Waals surface area contributed by atoms with Crippen LogP contribution in [0, 0.1) is 0 Å². The van der Waals surface area contributed by atoms with Crippen molar-refractivity contribution in [2.45, 2.75) is 25.4 Å². The summed E-state index contributed by atoms with van der Waals surface area (Å²) in [5.74, 6) is -5.76. The van der Waals surface area contributed by atoms with Crippen molar-refractivity contribution in [1.29, 1.82) is 0 Å². The summed E-state index contributed by atoms with van der Waals surface area (Å²) in [6.45, 7) is 0.912. The van der Waals surface area contributed by atoms with E-state index in [1.54, 1.807) is 0 Å². The second-order valence-electron chi connectivity index (χ2n) is 3.05. The molecule has 0 heterocycles. The van der Waals surface area contributed by atoms with Crippen LogP contribution < -0.4 is 29.6 Å². The Bertz CT molecular complexity index is 344. The van der Waals surface area contributed by atoms with E-state index in [-0.39, 0.29) is 31.0 Å². The van der Waals surface area contributed by atoms with Gasteiger partial charge in [-0.05, 0) is 0 Å². The molecule has 0 radical (unpaired) electrons. The third-order valence-electron chi connectivity index (χ3n) is 1.54. The van der Waals surface area contributed by atoms with Gasteiger partial charge in [-0.25, -0.2) is 4.79 Å². The minimum atomic E-state index is -2.78. The van der Waals surface area contributed by atoms with Crippen LogP contribution in [0.1, 0.15) is 21.2 Å². The van der Waals surface area contributed by atoms with Gasteiger partial charge in [-0.1, -0.05) is 0 Å². The molecule has 0 saturated heterocycles. The predicted molar refractivity (Wildman–Crippen MR) is 47.3 cm³/mol. The molecule has 0 aromatic rings. The summed E-state index contributed by atoms with van der Waals surface area (Å²) in [5.41, 5.74) is -2.78. The molecule has 1 unspecified atom stereocenters. The number of aliphatic hydroxyl groups is 1. The van der Waals surface area contributed by atoms with Crippen molar-refractivity contribution in [3.63, 3.8) is 0 Å². The molecule has 0 aliphatic carbocycles. The smallest absolute Gasteiger partial charge is 1.00 e. The van der Waals surface area contributed by atoms with Crippen LogP contribution in [0.2, 0.25) is 0 Å². The molecule has 1 atom stereocenters. The molecule has 92 valence electrons. The summed E-state index contributed by atoms with van der Waals surface area (Å²) < 4.78 is 3.98. The average Bonchev–Trinajstić information content (AvgIpc) is 1.98. The van der Waals surface area contributed by atoms with Crippen molar-refractivity contribution in [3.05, 3.63) is 0 Å². The summed E-state index contributed by atoms with van der Waals surface area (Å²) in [4.78, 5) is 42.1. The van der Waals surface area contributed by atoms with Gasteiger partial charge in [0.2, 0.25) is 0 Å². The molecule has 0 aromatic heterocycles. The van der Waals surface area contributed by atoms with Gasteiger partial charge in [0.05, 0.1) is 12.8 Å². The third-order valence-corrected chi connectivity index (χ3v) is 1.54. The zero-order valence-corrected chi connectivity index (χ0v) is 11.3. The second kappa shape index (κ2) is 7.38. The SMILES string of the molecule is CC(=O)OC(=O)CC(O)(CC(=O)O)C(=O)O.[H-].[Na+]. The molecule has 0 rings (SSSR count). The number of carboxylic acid groups (broad SMARTS) is 2. The van der Waals surface area contributed by atoms with Crippen molar-refractivity contribution in [1.82, 2.24) is 0 Å². The van der Waals surface area contributed by atoms with Crippen LogP contribution in [0.5, 0.6) is 0 Å². The maximum Gasteiger partial charge on any atom is 1.00 e. The maximum atomic E-state index is 10.9. The number of hydrogen-bond acceptors (Lipinski definition) is 6. The van der Waals surface area contributed by atoms with Crippen molar-refractivity contribution >= 4 is 23.9 Å². The number of carbonyl (C=O) groups excluding carboxylic acids is 2. The topological polar surface area (TPSA) is 138 Å². The van der Waals surface area contributed by atoms with Crippen LogP contribution in [-0.4, -0.2) is 44.8 Å². The zero-order chi connectivity index (χ0) is 12.9. The molecule has 8 nitrogen and oxygen atoms in total. The average molecular weight is 258 g/mol. The van der Waals surface area contributed by atoms with E-state index in [4.69, 9.17) is 10.2 Å². The van der Waals surface area contributed by atoms with E-state index in [1.165, 1.54) is 0 Å². The summed E-state index contributed by atoms with van der Waals surface area (Å²) >= 11 is 0. The first kappa shape index (κ1) is 18.4. The second-order valence-corrected chi connectivity index (χ2v) is 3.05. The Morgan fingerprint density at radius 3 is 1.94 bits per heavy atom. The number of aliphatic carboxylic acids is 2. The number of esters is 2. The summed E-state index contributed by atoms with van der Waals surface area (Å²) in [5, 5.41) is 26.3. The van der Waals surface area contributed by atoms with Gasteiger partial charge in [0.1, 0.15) is 0 Å². The first-order chi connectivity index (χ1) is 7.17. The fourth-order valence-electron chi connectivity index (χ4n) is 0.899. The van der Waals surface area contributed by atoms with Gasteiger partial charge in [0.25, 0.3) is 0 Å². The van der Waals surface area contributed by atoms with E-state index >= 15 is 0 Å². The molecule has 0 saturated carbocycles. The van der Waals surface area contributed by atoms with Crippen LogP contribution in [-0.2, 0) is 23.9 Å². The Morgan fingerprint density at radius 1 is 1.18 bits per heavy atom. The van der Waals surface area contributed by atoms with E-state index in [0.717, 1.165) is 6.92 Å². The van der Waals surface area contributed by atoms with Gasteiger partial charge in [-0.15, -0.1) is 0 Å². The maximum absolute atomic E-state index is 10.9. The summed E-state index contributed by atoms with van der Waals surface area (Å²) in [6.07, 6.45) is -2.29. The first-order valence-electron chi connectivity index (χ1n) is 4.06. The minimum absolute atomic E-state index is 0. The Balaban J connectivity index is -0.00000112. The van der Waals surface area contributed by atoms with Crippen LogP contribution in [0.3, 0.4) is 0 Å². The molecule has 0 bridgehead atoms. The predicted octanol–water partition coefficient (Wildman–Crippen LogP) is -4.13. The van der Waals surface area contributed by atoms with Gasteiger partial charge < -0.3 is 21.5 Å². The van der Waals surface area contributed by atoms with Gasteiger partial charge in [0.15, 0.2) is 5.60 Å².